The van der Waals surface area contributed by atoms with Crippen LogP contribution in [0.15, 0.2) is 29.4 Å². The number of carbonyl (C=O) groups is 1. The van der Waals surface area contributed by atoms with Crippen molar-refractivity contribution in [3.8, 4) is 11.5 Å². The third-order valence-electron chi connectivity index (χ3n) is 4.16. The Hall–Kier alpha value is -1.90. The molecule has 9 heteroatoms. The summed E-state index contributed by atoms with van der Waals surface area (Å²) in [5, 5.41) is 7.23. The number of carbonyl (C=O) groups excluding carboxylic acids is 1. The molecule has 1 unspecified atom stereocenters. The Bertz CT molecular complexity index is 769. The first-order chi connectivity index (χ1) is 12.4. The molecule has 7 nitrogen and oxygen atoms in total. The summed E-state index contributed by atoms with van der Waals surface area (Å²) < 4.78 is 12.4. The number of nitrogens with zero attached hydrogens (tertiary/aromatic N) is 3. The van der Waals surface area contributed by atoms with Crippen molar-refractivity contribution in [1.29, 1.82) is 0 Å². The van der Waals surface area contributed by atoms with Crippen LogP contribution in [-0.4, -0.2) is 55.2 Å². The largest absolute Gasteiger partial charge is 0.493 e. The van der Waals surface area contributed by atoms with Gasteiger partial charge in [0.25, 0.3) is 0 Å². The smallest absolute Gasteiger partial charge is 0.244 e. The van der Waals surface area contributed by atoms with Gasteiger partial charge in [-0.25, -0.2) is 0 Å². The number of rotatable bonds is 8. The van der Waals surface area contributed by atoms with Gasteiger partial charge in [-0.3, -0.25) is 9.48 Å². The van der Waals surface area contributed by atoms with Crippen molar-refractivity contribution in [2.24, 2.45) is 7.05 Å². The number of nitrogens with one attached hydrogen (secondary N) is 1. The lowest BCUT2D eigenvalue weighted by Crippen LogP contribution is -2.37. The van der Waals surface area contributed by atoms with Crippen LogP contribution < -0.4 is 14.8 Å². The van der Waals surface area contributed by atoms with Gasteiger partial charge in [0, 0.05) is 37.3 Å². The highest BCUT2D eigenvalue weighted by Gasteiger charge is 2.24. The second kappa shape index (κ2) is 10.4. The highest BCUT2D eigenvalue weighted by atomic mass is 35.5. The number of halogens is 1. The van der Waals surface area contributed by atoms with Crippen molar-refractivity contribution in [1.82, 2.24) is 20.0 Å². The van der Waals surface area contributed by atoms with E-state index in [2.05, 4.69) is 10.4 Å². The van der Waals surface area contributed by atoms with Crippen LogP contribution in [0.1, 0.15) is 17.2 Å². The molecule has 2 rings (SSSR count). The van der Waals surface area contributed by atoms with Crippen molar-refractivity contribution in [2.75, 3.05) is 34.6 Å². The summed E-state index contributed by atoms with van der Waals surface area (Å²) in [6.07, 6.45) is 5.55. The molecule has 150 valence electrons. The summed E-state index contributed by atoms with van der Waals surface area (Å²) >= 11 is 1.61. The molecule has 0 fully saturated rings. The number of hydrogen-bond acceptors (Lipinski definition) is 6. The lowest BCUT2D eigenvalue weighted by atomic mass is 10.1. The molecule has 1 heterocycles. The number of amides is 1. The van der Waals surface area contributed by atoms with Crippen LogP contribution in [0, 0.1) is 0 Å². The van der Waals surface area contributed by atoms with Gasteiger partial charge in [-0.05, 0) is 31.0 Å². The van der Waals surface area contributed by atoms with Crippen molar-refractivity contribution in [3.63, 3.8) is 0 Å². The van der Waals surface area contributed by atoms with E-state index in [1.807, 2.05) is 31.6 Å². The Balaban J connectivity index is 0.00000364. The molecule has 0 aliphatic carbocycles. The van der Waals surface area contributed by atoms with Crippen LogP contribution in [0.25, 0.3) is 0 Å². The van der Waals surface area contributed by atoms with E-state index >= 15 is 0 Å². The van der Waals surface area contributed by atoms with Crippen molar-refractivity contribution in [3.05, 3.63) is 35.7 Å². The monoisotopic (exact) mass is 414 g/mol. The van der Waals surface area contributed by atoms with E-state index in [0.29, 0.717) is 18.0 Å². The van der Waals surface area contributed by atoms with E-state index in [-0.39, 0.29) is 18.3 Å². The average Bonchev–Trinajstić information content (AvgIpc) is 3.07. The van der Waals surface area contributed by atoms with Crippen LogP contribution in [0.3, 0.4) is 0 Å². The zero-order chi connectivity index (χ0) is 19.3. The van der Waals surface area contributed by atoms with Gasteiger partial charge >= 0.3 is 0 Å². The van der Waals surface area contributed by atoms with Crippen LogP contribution in [0.5, 0.6) is 11.5 Å². The highest BCUT2D eigenvalue weighted by Crippen LogP contribution is 2.35. The number of aromatic nitrogens is 2. The quantitative estimate of drug-likeness (QED) is 0.669. The normalized spacial score (nSPS) is 11.5. The average molecular weight is 415 g/mol. The van der Waals surface area contributed by atoms with Gasteiger partial charge in [0.1, 0.15) is 6.04 Å². The third-order valence-corrected chi connectivity index (χ3v) is 4.98. The second-order valence-electron chi connectivity index (χ2n) is 5.88. The Morgan fingerprint density at radius 2 is 1.96 bits per heavy atom. The molecule has 1 aromatic heterocycles. The summed E-state index contributed by atoms with van der Waals surface area (Å²) in [6.45, 7) is 0.466. The zero-order valence-electron chi connectivity index (χ0n) is 16.5. The number of ether oxygens (including phenoxy) is 2. The SMILES string of the molecule is CNC(C(=O)N(C)Cc1cc(OC)c(OC)cc1SC)c1cnn(C)c1.Cl. The molecule has 0 bridgehead atoms. The Labute approximate surface area is 170 Å². The molecule has 1 amide bonds. The number of methoxy groups -OCH3 is 2. The fraction of sp³-hybridized carbons (Fsp3) is 0.444. The van der Waals surface area contributed by atoms with E-state index in [0.717, 1.165) is 16.0 Å². The molecule has 2 aromatic rings. The van der Waals surface area contributed by atoms with E-state index in [4.69, 9.17) is 9.47 Å². The maximum absolute atomic E-state index is 12.9. The first-order valence-corrected chi connectivity index (χ1v) is 9.37. The van der Waals surface area contributed by atoms with E-state index < -0.39 is 6.04 Å². The molecular weight excluding hydrogens is 388 g/mol. The molecule has 27 heavy (non-hydrogen) atoms. The molecule has 0 aliphatic heterocycles. The summed E-state index contributed by atoms with van der Waals surface area (Å²) in [4.78, 5) is 15.7. The van der Waals surface area contributed by atoms with Gasteiger partial charge in [0.15, 0.2) is 11.5 Å². The lowest BCUT2D eigenvalue weighted by Gasteiger charge is -2.24. The minimum Gasteiger partial charge on any atom is -0.493 e. The Morgan fingerprint density at radius 1 is 1.33 bits per heavy atom. The topological polar surface area (TPSA) is 68.6 Å². The Morgan fingerprint density at radius 3 is 2.44 bits per heavy atom. The fourth-order valence-corrected chi connectivity index (χ4v) is 3.40. The predicted octanol–water partition coefficient (Wildman–Crippen LogP) is 2.50. The van der Waals surface area contributed by atoms with Gasteiger partial charge in [0.05, 0.1) is 20.4 Å². The maximum Gasteiger partial charge on any atom is 0.244 e. The zero-order valence-corrected chi connectivity index (χ0v) is 18.1. The standard InChI is InChI=1S/C18H26N4O3S.ClH/c1-19-17(13-9-20-22(3)11-13)18(23)21(2)10-12-7-14(24-4)15(25-5)8-16(12)26-6;/h7-9,11,17,19H,10H2,1-6H3;1H. The minimum absolute atomic E-state index is 0. The van der Waals surface area contributed by atoms with Crippen molar-refractivity contribution >= 4 is 30.1 Å². The Kier molecular flexibility index (Phi) is 8.95. The molecule has 0 aliphatic rings. The number of benzene rings is 1. The lowest BCUT2D eigenvalue weighted by molar-refractivity contribution is -0.132. The number of likely N-dealkylation sites (N-methyl/N-ethyl adjacent to an activating group) is 2. The number of thioether (sulfide) groups is 1. The van der Waals surface area contributed by atoms with Crippen molar-refractivity contribution in [2.45, 2.75) is 17.5 Å². The van der Waals surface area contributed by atoms with Gasteiger partial charge in [-0.1, -0.05) is 0 Å². The van der Waals surface area contributed by atoms with Crippen LogP contribution in [0.2, 0.25) is 0 Å². The maximum atomic E-state index is 12.9. The number of hydrogen-bond donors (Lipinski definition) is 1. The molecule has 0 saturated carbocycles. The molecular formula is C18H27ClN4O3S. The van der Waals surface area contributed by atoms with E-state index in [9.17, 15) is 4.79 Å². The molecule has 1 N–H and O–H groups in total. The summed E-state index contributed by atoms with van der Waals surface area (Å²) in [7, 11) is 8.62. The summed E-state index contributed by atoms with van der Waals surface area (Å²) in [5.41, 5.74) is 1.84. The first kappa shape index (κ1) is 23.1. The first-order valence-electron chi connectivity index (χ1n) is 8.14. The highest BCUT2D eigenvalue weighted by molar-refractivity contribution is 7.98. The molecule has 1 aromatic carbocycles. The molecule has 1 atom stereocenters. The van der Waals surface area contributed by atoms with Gasteiger partial charge in [0.2, 0.25) is 5.91 Å². The van der Waals surface area contributed by atoms with E-state index in [1.165, 1.54) is 0 Å². The van der Waals surface area contributed by atoms with Crippen LogP contribution in [-0.2, 0) is 18.4 Å². The third kappa shape index (κ3) is 5.31. The van der Waals surface area contributed by atoms with Gasteiger partial charge < -0.3 is 19.7 Å². The molecule has 0 saturated heterocycles. The van der Waals surface area contributed by atoms with Crippen LogP contribution in [0.4, 0.5) is 0 Å². The molecule has 0 radical (unpaired) electrons. The second-order valence-corrected chi connectivity index (χ2v) is 6.73. The summed E-state index contributed by atoms with van der Waals surface area (Å²) in [5.74, 6) is 1.30. The van der Waals surface area contributed by atoms with E-state index in [1.54, 1.807) is 55.9 Å². The number of aryl methyl sites for hydroxylation is 1. The van der Waals surface area contributed by atoms with Crippen molar-refractivity contribution < 1.29 is 14.3 Å². The minimum atomic E-state index is -0.438. The molecule has 0 spiro atoms. The van der Waals surface area contributed by atoms with Crippen LogP contribution >= 0.6 is 24.2 Å². The fourth-order valence-electron chi connectivity index (χ4n) is 2.79. The van der Waals surface area contributed by atoms with Gasteiger partial charge in [-0.15, -0.1) is 24.2 Å². The summed E-state index contributed by atoms with van der Waals surface area (Å²) in [6, 6.07) is 3.42. The van der Waals surface area contributed by atoms with Gasteiger partial charge in [-0.2, -0.15) is 5.10 Å². The predicted molar refractivity (Wildman–Crippen MR) is 110 cm³/mol.